The molecule has 3 heteroatoms. The Bertz CT molecular complexity index is 186. The lowest BCUT2D eigenvalue weighted by Gasteiger charge is -2.35. The summed E-state index contributed by atoms with van der Waals surface area (Å²) in [6.07, 6.45) is 4.78. The minimum atomic E-state index is -0.0771. The van der Waals surface area contributed by atoms with Crippen LogP contribution in [0.15, 0.2) is 0 Å². The molecule has 0 radical (unpaired) electrons. The zero-order chi connectivity index (χ0) is 9.97. The van der Waals surface area contributed by atoms with Crippen molar-refractivity contribution < 1.29 is 5.11 Å². The van der Waals surface area contributed by atoms with E-state index in [4.69, 9.17) is 0 Å². The Balaban J connectivity index is 1.79. The standard InChI is InChI=1S/C11H22N2O/c1-2-3-4-9-7-13-8-11(14)5-10(13)6-12-9/h9-12,14H,2-8H2,1H3/t9-,10-,11+/m0/s1. The molecule has 0 aromatic heterocycles. The third-order valence-corrected chi connectivity index (χ3v) is 3.51. The van der Waals surface area contributed by atoms with Crippen molar-refractivity contribution in [2.45, 2.75) is 50.8 Å². The number of hydrogen-bond acceptors (Lipinski definition) is 3. The second-order valence-corrected chi connectivity index (χ2v) is 4.74. The molecule has 14 heavy (non-hydrogen) atoms. The van der Waals surface area contributed by atoms with Crippen LogP contribution in [0.5, 0.6) is 0 Å². The SMILES string of the molecule is CCCC[C@H]1CN2C[C@H](O)C[C@H]2CN1. The van der Waals surface area contributed by atoms with Gasteiger partial charge in [0, 0.05) is 31.7 Å². The Hall–Kier alpha value is -0.120. The van der Waals surface area contributed by atoms with Crippen molar-refractivity contribution >= 4 is 0 Å². The first-order valence-electron chi connectivity index (χ1n) is 5.95. The van der Waals surface area contributed by atoms with Crippen molar-refractivity contribution in [3.63, 3.8) is 0 Å². The molecule has 0 saturated carbocycles. The molecule has 2 aliphatic heterocycles. The lowest BCUT2D eigenvalue weighted by atomic mass is 10.0. The Morgan fingerprint density at radius 2 is 2.29 bits per heavy atom. The molecule has 2 aliphatic rings. The molecule has 0 amide bonds. The van der Waals surface area contributed by atoms with Crippen LogP contribution in [0.2, 0.25) is 0 Å². The van der Waals surface area contributed by atoms with Gasteiger partial charge in [0.15, 0.2) is 0 Å². The molecule has 0 bridgehead atoms. The molecular weight excluding hydrogens is 176 g/mol. The fourth-order valence-electron chi connectivity index (χ4n) is 2.69. The van der Waals surface area contributed by atoms with Crippen LogP contribution in [-0.4, -0.2) is 47.8 Å². The van der Waals surface area contributed by atoms with Gasteiger partial charge in [-0.15, -0.1) is 0 Å². The molecule has 2 rings (SSSR count). The van der Waals surface area contributed by atoms with Gasteiger partial charge in [-0.1, -0.05) is 19.8 Å². The Kier molecular flexibility index (Phi) is 3.42. The maximum Gasteiger partial charge on any atom is 0.0682 e. The van der Waals surface area contributed by atoms with Gasteiger partial charge in [0.25, 0.3) is 0 Å². The fourth-order valence-corrected chi connectivity index (χ4v) is 2.69. The van der Waals surface area contributed by atoms with Crippen molar-refractivity contribution in [2.24, 2.45) is 0 Å². The highest BCUT2D eigenvalue weighted by Gasteiger charge is 2.35. The van der Waals surface area contributed by atoms with Crippen molar-refractivity contribution in [3.05, 3.63) is 0 Å². The van der Waals surface area contributed by atoms with Crippen molar-refractivity contribution in [1.29, 1.82) is 0 Å². The van der Waals surface area contributed by atoms with Crippen LogP contribution in [0.3, 0.4) is 0 Å². The van der Waals surface area contributed by atoms with E-state index in [1.165, 1.54) is 19.3 Å². The van der Waals surface area contributed by atoms with E-state index in [1.807, 2.05) is 0 Å². The summed E-state index contributed by atoms with van der Waals surface area (Å²) in [6.45, 7) is 5.35. The zero-order valence-corrected chi connectivity index (χ0v) is 9.08. The number of aliphatic hydroxyl groups excluding tert-OH is 1. The van der Waals surface area contributed by atoms with E-state index in [0.717, 1.165) is 26.1 Å². The molecule has 82 valence electrons. The topological polar surface area (TPSA) is 35.5 Å². The normalized spacial score (nSPS) is 38.6. The predicted molar refractivity (Wildman–Crippen MR) is 57.3 cm³/mol. The first kappa shape index (κ1) is 10.4. The van der Waals surface area contributed by atoms with E-state index in [-0.39, 0.29) is 6.10 Å². The summed E-state index contributed by atoms with van der Waals surface area (Å²) in [4.78, 5) is 2.46. The van der Waals surface area contributed by atoms with E-state index in [9.17, 15) is 5.11 Å². The number of aliphatic hydroxyl groups is 1. The van der Waals surface area contributed by atoms with Crippen LogP contribution in [0.4, 0.5) is 0 Å². The molecule has 3 atom stereocenters. The lowest BCUT2D eigenvalue weighted by molar-refractivity contribution is 0.150. The van der Waals surface area contributed by atoms with Crippen LogP contribution in [0.25, 0.3) is 0 Å². The van der Waals surface area contributed by atoms with Gasteiger partial charge in [-0.25, -0.2) is 0 Å². The summed E-state index contributed by atoms with van der Waals surface area (Å²) >= 11 is 0. The second kappa shape index (κ2) is 4.60. The van der Waals surface area contributed by atoms with Crippen molar-refractivity contribution in [1.82, 2.24) is 10.2 Å². The highest BCUT2D eigenvalue weighted by Crippen LogP contribution is 2.21. The quantitative estimate of drug-likeness (QED) is 0.696. The highest BCUT2D eigenvalue weighted by atomic mass is 16.3. The number of nitrogens with one attached hydrogen (secondary N) is 1. The molecule has 0 aromatic carbocycles. The van der Waals surface area contributed by atoms with Crippen LogP contribution < -0.4 is 5.32 Å². The first-order chi connectivity index (χ1) is 6.79. The molecule has 0 aliphatic carbocycles. The number of hydrogen-bond donors (Lipinski definition) is 2. The lowest BCUT2D eigenvalue weighted by Crippen LogP contribution is -2.53. The maximum atomic E-state index is 9.55. The number of fused-ring (bicyclic) bond motifs is 1. The van der Waals surface area contributed by atoms with E-state index in [0.29, 0.717) is 12.1 Å². The third-order valence-electron chi connectivity index (χ3n) is 3.51. The first-order valence-corrected chi connectivity index (χ1v) is 5.95. The van der Waals surface area contributed by atoms with Crippen LogP contribution in [-0.2, 0) is 0 Å². The number of rotatable bonds is 3. The molecule has 2 N–H and O–H groups in total. The van der Waals surface area contributed by atoms with Gasteiger partial charge in [-0.05, 0) is 12.8 Å². The van der Waals surface area contributed by atoms with Crippen molar-refractivity contribution in [2.75, 3.05) is 19.6 Å². The average molecular weight is 198 g/mol. The fraction of sp³-hybridized carbons (Fsp3) is 1.00. The summed E-state index contributed by atoms with van der Waals surface area (Å²) in [5.41, 5.74) is 0. The molecule has 0 spiro atoms. The Morgan fingerprint density at radius 1 is 1.43 bits per heavy atom. The zero-order valence-electron chi connectivity index (χ0n) is 9.08. The molecular formula is C11H22N2O. The maximum absolute atomic E-state index is 9.55. The predicted octanol–water partition coefficient (Wildman–Crippen LogP) is 0.584. The molecule has 2 heterocycles. The minimum Gasteiger partial charge on any atom is -0.392 e. The summed E-state index contributed by atoms with van der Waals surface area (Å²) in [6, 6.07) is 1.26. The van der Waals surface area contributed by atoms with Gasteiger partial charge in [0.1, 0.15) is 0 Å². The Labute approximate surface area is 86.5 Å². The molecule has 0 unspecified atom stereocenters. The Morgan fingerprint density at radius 3 is 3.07 bits per heavy atom. The van der Waals surface area contributed by atoms with Gasteiger partial charge in [-0.2, -0.15) is 0 Å². The summed E-state index contributed by atoms with van der Waals surface area (Å²) in [5.74, 6) is 0. The van der Waals surface area contributed by atoms with Crippen LogP contribution in [0.1, 0.15) is 32.6 Å². The smallest absolute Gasteiger partial charge is 0.0682 e. The van der Waals surface area contributed by atoms with E-state index < -0.39 is 0 Å². The number of nitrogens with zero attached hydrogens (tertiary/aromatic N) is 1. The van der Waals surface area contributed by atoms with Gasteiger partial charge < -0.3 is 10.4 Å². The molecule has 3 nitrogen and oxygen atoms in total. The average Bonchev–Trinajstić information content (AvgIpc) is 2.54. The summed E-state index contributed by atoms with van der Waals surface area (Å²) < 4.78 is 0. The van der Waals surface area contributed by atoms with Crippen molar-refractivity contribution in [3.8, 4) is 0 Å². The van der Waals surface area contributed by atoms with Gasteiger partial charge in [-0.3, -0.25) is 4.90 Å². The molecule has 2 fully saturated rings. The third kappa shape index (κ3) is 2.27. The van der Waals surface area contributed by atoms with E-state index in [2.05, 4.69) is 17.1 Å². The second-order valence-electron chi connectivity index (χ2n) is 4.74. The van der Waals surface area contributed by atoms with Gasteiger partial charge in [0.2, 0.25) is 0 Å². The van der Waals surface area contributed by atoms with E-state index in [1.54, 1.807) is 0 Å². The largest absolute Gasteiger partial charge is 0.392 e. The van der Waals surface area contributed by atoms with Gasteiger partial charge in [0.05, 0.1) is 6.10 Å². The van der Waals surface area contributed by atoms with E-state index >= 15 is 0 Å². The van der Waals surface area contributed by atoms with Crippen LogP contribution in [0, 0.1) is 0 Å². The summed E-state index contributed by atoms with van der Waals surface area (Å²) in [7, 11) is 0. The van der Waals surface area contributed by atoms with Gasteiger partial charge >= 0.3 is 0 Å². The summed E-state index contributed by atoms with van der Waals surface area (Å²) in [5, 5.41) is 13.1. The molecule has 2 saturated heterocycles. The minimum absolute atomic E-state index is 0.0771. The number of unbranched alkanes of at least 4 members (excludes halogenated alkanes) is 1. The molecule has 0 aromatic rings. The monoisotopic (exact) mass is 198 g/mol. The highest BCUT2D eigenvalue weighted by molar-refractivity contribution is 4.93. The van der Waals surface area contributed by atoms with Crippen LogP contribution >= 0.6 is 0 Å². The number of piperazine rings is 1.